The van der Waals surface area contributed by atoms with Gasteiger partial charge in [-0.2, -0.15) is 0 Å². The van der Waals surface area contributed by atoms with E-state index in [1.165, 1.54) is 0 Å². The number of carbonyl (C=O) groups is 1. The molecule has 0 unspecified atom stereocenters. The van der Waals surface area contributed by atoms with Crippen molar-refractivity contribution in [2.24, 2.45) is 5.73 Å². The van der Waals surface area contributed by atoms with Gasteiger partial charge in [0.2, 0.25) is 0 Å². The molecule has 4 heteroatoms. The first-order valence-electron chi connectivity index (χ1n) is 2.52. The standard InChI is InChI=1S/C5H10BrNO2/c1-5(2,7)9-4(8)3-6/h3,7H2,1-2H3. The van der Waals surface area contributed by atoms with E-state index in [0.717, 1.165) is 0 Å². The highest BCUT2D eigenvalue weighted by molar-refractivity contribution is 9.09. The van der Waals surface area contributed by atoms with Crippen LogP contribution in [-0.4, -0.2) is 17.0 Å². The van der Waals surface area contributed by atoms with Gasteiger partial charge in [-0.05, 0) is 13.8 Å². The number of hydrogen-bond acceptors (Lipinski definition) is 3. The van der Waals surface area contributed by atoms with Crippen LogP contribution in [0.1, 0.15) is 13.8 Å². The molecule has 54 valence electrons. The molecular weight excluding hydrogens is 186 g/mol. The highest BCUT2D eigenvalue weighted by Crippen LogP contribution is 2.00. The summed E-state index contributed by atoms with van der Waals surface area (Å²) in [7, 11) is 0. The van der Waals surface area contributed by atoms with Crippen LogP contribution in [0.5, 0.6) is 0 Å². The molecule has 0 rings (SSSR count). The van der Waals surface area contributed by atoms with Gasteiger partial charge in [0.15, 0.2) is 5.72 Å². The Morgan fingerprint density at radius 3 is 2.33 bits per heavy atom. The summed E-state index contributed by atoms with van der Waals surface area (Å²) in [5, 5.41) is 0.188. The predicted octanol–water partition coefficient (Wildman–Crippen LogP) is 0.619. The normalized spacial score (nSPS) is 11.1. The van der Waals surface area contributed by atoms with Gasteiger partial charge >= 0.3 is 5.97 Å². The molecule has 9 heavy (non-hydrogen) atoms. The Morgan fingerprint density at radius 1 is 1.78 bits per heavy atom. The van der Waals surface area contributed by atoms with E-state index in [2.05, 4.69) is 20.7 Å². The highest BCUT2D eigenvalue weighted by atomic mass is 79.9. The average molecular weight is 196 g/mol. The number of alkyl halides is 1. The van der Waals surface area contributed by atoms with Crippen LogP contribution in [0.25, 0.3) is 0 Å². The molecule has 0 atom stereocenters. The Hall–Kier alpha value is -0.0900. The molecule has 0 heterocycles. The van der Waals surface area contributed by atoms with Crippen LogP contribution >= 0.6 is 15.9 Å². The number of rotatable bonds is 2. The second-order valence-electron chi connectivity index (χ2n) is 2.21. The van der Waals surface area contributed by atoms with Crippen molar-refractivity contribution in [2.75, 3.05) is 5.33 Å². The molecule has 0 aliphatic rings. The van der Waals surface area contributed by atoms with Crippen LogP contribution < -0.4 is 5.73 Å². The van der Waals surface area contributed by atoms with E-state index in [4.69, 9.17) is 5.73 Å². The van der Waals surface area contributed by atoms with Crippen LogP contribution in [0.4, 0.5) is 0 Å². The summed E-state index contributed by atoms with van der Waals surface area (Å²) in [6.07, 6.45) is 0. The van der Waals surface area contributed by atoms with Gasteiger partial charge in [0, 0.05) is 0 Å². The Balaban J connectivity index is 3.60. The second-order valence-corrected chi connectivity index (χ2v) is 2.77. The van der Waals surface area contributed by atoms with Gasteiger partial charge < -0.3 is 4.74 Å². The van der Waals surface area contributed by atoms with Crippen molar-refractivity contribution >= 4 is 21.9 Å². The summed E-state index contributed by atoms with van der Waals surface area (Å²) in [6.45, 7) is 3.24. The SMILES string of the molecule is CC(C)(N)OC(=O)CBr. The molecule has 0 aliphatic heterocycles. The smallest absolute Gasteiger partial charge is 0.318 e. The van der Waals surface area contributed by atoms with Crippen molar-refractivity contribution in [3.05, 3.63) is 0 Å². The third kappa shape index (κ3) is 5.79. The maximum atomic E-state index is 10.5. The quantitative estimate of drug-likeness (QED) is 0.400. The minimum Gasteiger partial charge on any atom is -0.444 e. The predicted molar refractivity (Wildman–Crippen MR) is 38.2 cm³/mol. The molecule has 0 fully saturated rings. The zero-order valence-corrected chi connectivity index (χ0v) is 7.06. The first kappa shape index (κ1) is 8.91. The zero-order valence-electron chi connectivity index (χ0n) is 5.48. The minimum atomic E-state index is -0.856. The molecule has 0 amide bonds. The van der Waals surface area contributed by atoms with E-state index >= 15 is 0 Å². The lowest BCUT2D eigenvalue weighted by Gasteiger charge is -2.18. The van der Waals surface area contributed by atoms with Crippen molar-refractivity contribution < 1.29 is 9.53 Å². The molecular formula is C5H10BrNO2. The minimum absolute atomic E-state index is 0.188. The molecule has 0 saturated heterocycles. The third-order valence-electron chi connectivity index (χ3n) is 0.486. The lowest BCUT2D eigenvalue weighted by Crippen LogP contribution is -2.37. The maximum Gasteiger partial charge on any atom is 0.318 e. The lowest BCUT2D eigenvalue weighted by atomic mass is 10.3. The van der Waals surface area contributed by atoms with Crippen LogP contribution in [0, 0.1) is 0 Å². The lowest BCUT2D eigenvalue weighted by molar-refractivity contribution is -0.152. The Morgan fingerprint density at radius 2 is 2.22 bits per heavy atom. The van der Waals surface area contributed by atoms with Gasteiger partial charge in [-0.25, -0.2) is 0 Å². The van der Waals surface area contributed by atoms with E-state index in [-0.39, 0.29) is 11.3 Å². The number of halogens is 1. The maximum absolute atomic E-state index is 10.5. The third-order valence-corrected chi connectivity index (χ3v) is 0.944. The van der Waals surface area contributed by atoms with Gasteiger partial charge in [0.1, 0.15) is 5.33 Å². The molecule has 0 radical (unpaired) electrons. The Bertz CT molecular complexity index is 108. The fourth-order valence-electron chi connectivity index (χ4n) is 0.321. The summed E-state index contributed by atoms with van der Waals surface area (Å²) in [5.41, 5.74) is 4.49. The molecule has 0 aromatic rings. The topological polar surface area (TPSA) is 52.3 Å². The van der Waals surface area contributed by atoms with Crippen molar-refractivity contribution in [3.8, 4) is 0 Å². The largest absolute Gasteiger partial charge is 0.444 e. The van der Waals surface area contributed by atoms with Crippen molar-refractivity contribution in [2.45, 2.75) is 19.6 Å². The number of esters is 1. The number of ether oxygens (including phenoxy) is 1. The molecule has 0 saturated carbocycles. The van der Waals surface area contributed by atoms with Crippen molar-refractivity contribution in [3.63, 3.8) is 0 Å². The fourth-order valence-corrected chi connectivity index (χ4v) is 0.435. The summed E-state index contributed by atoms with van der Waals surface area (Å²) in [6, 6.07) is 0. The summed E-state index contributed by atoms with van der Waals surface area (Å²) in [5.74, 6) is -0.345. The van der Waals surface area contributed by atoms with E-state index < -0.39 is 5.72 Å². The van der Waals surface area contributed by atoms with Crippen molar-refractivity contribution in [1.82, 2.24) is 0 Å². The first-order chi connectivity index (χ1) is 3.95. The fraction of sp³-hybridized carbons (Fsp3) is 0.800. The molecule has 0 aromatic carbocycles. The van der Waals surface area contributed by atoms with E-state index in [1.54, 1.807) is 13.8 Å². The zero-order chi connectivity index (χ0) is 7.49. The van der Waals surface area contributed by atoms with Gasteiger partial charge in [-0.15, -0.1) is 0 Å². The Kier molecular flexibility index (Phi) is 3.14. The van der Waals surface area contributed by atoms with Crippen LogP contribution in [0.3, 0.4) is 0 Å². The molecule has 0 spiro atoms. The molecule has 0 aromatic heterocycles. The van der Waals surface area contributed by atoms with Crippen LogP contribution in [0.2, 0.25) is 0 Å². The van der Waals surface area contributed by atoms with Gasteiger partial charge in [0.25, 0.3) is 0 Å². The van der Waals surface area contributed by atoms with Gasteiger partial charge in [0.05, 0.1) is 0 Å². The highest BCUT2D eigenvalue weighted by Gasteiger charge is 2.14. The van der Waals surface area contributed by atoms with Crippen LogP contribution in [-0.2, 0) is 9.53 Å². The van der Waals surface area contributed by atoms with Crippen molar-refractivity contribution in [1.29, 1.82) is 0 Å². The van der Waals surface area contributed by atoms with Crippen LogP contribution in [0.15, 0.2) is 0 Å². The summed E-state index contributed by atoms with van der Waals surface area (Å²) in [4.78, 5) is 10.5. The summed E-state index contributed by atoms with van der Waals surface area (Å²) >= 11 is 2.94. The number of carbonyl (C=O) groups excluding carboxylic acids is 1. The molecule has 0 aliphatic carbocycles. The molecule has 2 N–H and O–H groups in total. The van der Waals surface area contributed by atoms with E-state index in [0.29, 0.717) is 0 Å². The summed E-state index contributed by atoms with van der Waals surface area (Å²) < 4.78 is 4.68. The van der Waals surface area contributed by atoms with E-state index in [9.17, 15) is 4.79 Å². The molecule has 0 bridgehead atoms. The first-order valence-corrected chi connectivity index (χ1v) is 3.64. The second kappa shape index (κ2) is 3.17. The monoisotopic (exact) mass is 195 g/mol. The number of nitrogens with two attached hydrogens (primary N) is 1. The van der Waals surface area contributed by atoms with E-state index in [1.807, 2.05) is 0 Å². The average Bonchev–Trinajstić information content (AvgIpc) is 1.62. The van der Waals surface area contributed by atoms with Gasteiger partial charge in [-0.1, -0.05) is 15.9 Å². The Labute approximate surface area is 62.7 Å². The number of hydrogen-bond donors (Lipinski definition) is 1. The molecule has 3 nitrogen and oxygen atoms in total. The van der Waals surface area contributed by atoms with Gasteiger partial charge in [-0.3, -0.25) is 10.5 Å².